The second-order valence-electron chi connectivity index (χ2n) is 4.48. The van der Waals surface area contributed by atoms with E-state index in [4.69, 9.17) is 0 Å². The van der Waals surface area contributed by atoms with E-state index in [0.717, 1.165) is 29.8 Å². The fourth-order valence-electron chi connectivity index (χ4n) is 2.08. The van der Waals surface area contributed by atoms with Crippen LogP contribution in [-0.4, -0.2) is 35.1 Å². The standard InChI is InChI=1S/C13H17NO2S/c15-11-2-1-7-14(9-11)13(16)8-10-3-5-12(17)6-4-10/h3-6,11,15,17H,1-2,7-9H2. The van der Waals surface area contributed by atoms with Crippen molar-refractivity contribution < 1.29 is 9.90 Å². The Bertz CT molecular complexity index is 391. The van der Waals surface area contributed by atoms with E-state index in [9.17, 15) is 9.90 Å². The lowest BCUT2D eigenvalue weighted by Gasteiger charge is -2.30. The Labute approximate surface area is 107 Å². The Morgan fingerprint density at radius 3 is 2.76 bits per heavy atom. The number of rotatable bonds is 2. The van der Waals surface area contributed by atoms with Crippen molar-refractivity contribution in [1.82, 2.24) is 4.90 Å². The van der Waals surface area contributed by atoms with Crippen LogP contribution in [0.4, 0.5) is 0 Å². The van der Waals surface area contributed by atoms with Crippen LogP contribution in [0.2, 0.25) is 0 Å². The number of hydrogen-bond acceptors (Lipinski definition) is 3. The molecule has 0 bridgehead atoms. The third-order valence-electron chi connectivity index (χ3n) is 3.04. The minimum atomic E-state index is -0.354. The van der Waals surface area contributed by atoms with Crippen LogP contribution in [0.1, 0.15) is 18.4 Å². The summed E-state index contributed by atoms with van der Waals surface area (Å²) in [6, 6.07) is 7.61. The summed E-state index contributed by atoms with van der Waals surface area (Å²) in [5, 5.41) is 9.53. The van der Waals surface area contributed by atoms with Crippen molar-refractivity contribution in [3.8, 4) is 0 Å². The lowest BCUT2D eigenvalue weighted by atomic mass is 10.1. The Kier molecular flexibility index (Phi) is 4.07. The van der Waals surface area contributed by atoms with Crippen LogP contribution in [0, 0.1) is 0 Å². The molecular formula is C13H17NO2S. The molecule has 1 aromatic carbocycles. The third kappa shape index (κ3) is 3.48. The van der Waals surface area contributed by atoms with Crippen molar-refractivity contribution in [2.45, 2.75) is 30.3 Å². The Morgan fingerprint density at radius 2 is 2.12 bits per heavy atom. The molecule has 0 radical (unpaired) electrons. The Balaban J connectivity index is 1.94. The molecule has 0 saturated carbocycles. The van der Waals surface area contributed by atoms with Crippen LogP contribution in [0.5, 0.6) is 0 Å². The first-order valence-electron chi connectivity index (χ1n) is 5.89. The van der Waals surface area contributed by atoms with Gasteiger partial charge in [0.25, 0.3) is 0 Å². The first-order valence-corrected chi connectivity index (χ1v) is 6.33. The van der Waals surface area contributed by atoms with E-state index in [1.165, 1.54) is 0 Å². The van der Waals surface area contributed by atoms with Gasteiger partial charge in [-0.3, -0.25) is 4.79 Å². The minimum absolute atomic E-state index is 0.0932. The molecule has 1 atom stereocenters. The number of likely N-dealkylation sites (tertiary alicyclic amines) is 1. The lowest BCUT2D eigenvalue weighted by Crippen LogP contribution is -2.42. The van der Waals surface area contributed by atoms with E-state index >= 15 is 0 Å². The van der Waals surface area contributed by atoms with E-state index in [2.05, 4.69) is 12.6 Å². The number of nitrogens with zero attached hydrogens (tertiary/aromatic N) is 1. The number of β-amino-alcohol motifs (C(OH)–C–C–N with tert-alkyl or cyclic N) is 1. The molecule has 4 heteroatoms. The molecule has 17 heavy (non-hydrogen) atoms. The molecular weight excluding hydrogens is 234 g/mol. The number of amides is 1. The maximum Gasteiger partial charge on any atom is 0.227 e. The second kappa shape index (κ2) is 5.56. The Morgan fingerprint density at radius 1 is 1.41 bits per heavy atom. The monoisotopic (exact) mass is 251 g/mol. The third-order valence-corrected chi connectivity index (χ3v) is 3.34. The fourth-order valence-corrected chi connectivity index (χ4v) is 2.23. The van der Waals surface area contributed by atoms with Gasteiger partial charge in [0.2, 0.25) is 5.91 Å². The zero-order valence-electron chi connectivity index (χ0n) is 9.67. The summed E-state index contributed by atoms with van der Waals surface area (Å²) in [5.74, 6) is 0.0932. The molecule has 0 aromatic heterocycles. The van der Waals surface area contributed by atoms with Gasteiger partial charge in [-0.1, -0.05) is 12.1 Å². The van der Waals surface area contributed by atoms with Crippen molar-refractivity contribution in [1.29, 1.82) is 0 Å². The number of benzene rings is 1. The maximum atomic E-state index is 12.0. The molecule has 92 valence electrons. The molecule has 1 aliphatic heterocycles. The van der Waals surface area contributed by atoms with Crippen molar-refractivity contribution >= 4 is 18.5 Å². The molecule has 1 unspecified atom stereocenters. The predicted molar refractivity (Wildman–Crippen MR) is 69.2 cm³/mol. The first-order chi connectivity index (χ1) is 8.15. The molecule has 0 spiro atoms. The molecule has 0 aliphatic carbocycles. The summed E-state index contributed by atoms with van der Waals surface area (Å²) in [4.78, 5) is 14.6. The van der Waals surface area contributed by atoms with Gasteiger partial charge in [0, 0.05) is 18.0 Å². The van der Waals surface area contributed by atoms with Gasteiger partial charge in [-0.05, 0) is 30.5 Å². The van der Waals surface area contributed by atoms with Gasteiger partial charge in [-0.25, -0.2) is 0 Å². The quantitative estimate of drug-likeness (QED) is 0.782. The highest BCUT2D eigenvalue weighted by molar-refractivity contribution is 7.80. The van der Waals surface area contributed by atoms with E-state index in [0.29, 0.717) is 13.0 Å². The molecule has 1 amide bonds. The van der Waals surface area contributed by atoms with Gasteiger partial charge in [0.1, 0.15) is 0 Å². The topological polar surface area (TPSA) is 40.5 Å². The molecule has 1 fully saturated rings. The number of piperidine rings is 1. The molecule has 1 aliphatic rings. The van der Waals surface area contributed by atoms with Gasteiger partial charge in [-0.15, -0.1) is 12.6 Å². The average Bonchev–Trinajstić information content (AvgIpc) is 2.32. The molecule has 1 N–H and O–H groups in total. The van der Waals surface area contributed by atoms with Crippen LogP contribution in [0.15, 0.2) is 29.2 Å². The molecule has 1 saturated heterocycles. The number of aliphatic hydroxyl groups is 1. The number of thiol groups is 1. The van der Waals surface area contributed by atoms with Crippen LogP contribution in [-0.2, 0) is 11.2 Å². The number of hydrogen-bond donors (Lipinski definition) is 2. The largest absolute Gasteiger partial charge is 0.391 e. The molecule has 1 aromatic rings. The highest BCUT2D eigenvalue weighted by Gasteiger charge is 2.21. The number of carbonyl (C=O) groups is 1. The van der Waals surface area contributed by atoms with Gasteiger partial charge < -0.3 is 10.0 Å². The summed E-state index contributed by atoms with van der Waals surface area (Å²) in [6.07, 6.45) is 1.74. The summed E-state index contributed by atoms with van der Waals surface area (Å²) >= 11 is 4.21. The molecule has 2 rings (SSSR count). The highest BCUT2D eigenvalue weighted by atomic mass is 32.1. The minimum Gasteiger partial charge on any atom is -0.391 e. The van der Waals surface area contributed by atoms with E-state index < -0.39 is 0 Å². The van der Waals surface area contributed by atoms with Gasteiger partial charge >= 0.3 is 0 Å². The van der Waals surface area contributed by atoms with Gasteiger partial charge in [-0.2, -0.15) is 0 Å². The van der Waals surface area contributed by atoms with E-state index in [-0.39, 0.29) is 12.0 Å². The van der Waals surface area contributed by atoms with Crippen molar-refractivity contribution in [2.75, 3.05) is 13.1 Å². The maximum absolute atomic E-state index is 12.0. The smallest absolute Gasteiger partial charge is 0.227 e. The van der Waals surface area contributed by atoms with Crippen LogP contribution in [0.3, 0.4) is 0 Å². The second-order valence-corrected chi connectivity index (χ2v) is 5.00. The highest BCUT2D eigenvalue weighted by Crippen LogP contribution is 2.13. The van der Waals surface area contributed by atoms with Crippen LogP contribution >= 0.6 is 12.6 Å². The molecule has 1 heterocycles. The molecule has 3 nitrogen and oxygen atoms in total. The van der Waals surface area contributed by atoms with Crippen LogP contribution < -0.4 is 0 Å². The zero-order chi connectivity index (χ0) is 12.3. The SMILES string of the molecule is O=C(Cc1ccc(S)cc1)N1CCCC(O)C1. The van der Waals surface area contributed by atoms with Gasteiger partial charge in [0.15, 0.2) is 0 Å². The summed E-state index contributed by atoms with van der Waals surface area (Å²) in [5.41, 5.74) is 0.993. The van der Waals surface area contributed by atoms with Gasteiger partial charge in [0.05, 0.1) is 12.5 Å². The lowest BCUT2D eigenvalue weighted by molar-refractivity contribution is -0.133. The van der Waals surface area contributed by atoms with E-state index in [1.807, 2.05) is 24.3 Å². The summed E-state index contributed by atoms with van der Waals surface area (Å²) in [7, 11) is 0. The first kappa shape index (κ1) is 12.5. The van der Waals surface area contributed by atoms with Crippen molar-refractivity contribution in [3.63, 3.8) is 0 Å². The fraction of sp³-hybridized carbons (Fsp3) is 0.462. The zero-order valence-corrected chi connectivity index (χ0v) is 10.6. The van der Waals surface area contributed by atoms with Crippen molar-refractivity contribution in [3.05, 3.63) is 29.8 Å². The van der Waals surface area contributed by atoms with E-state index in [1.54, 1.807) is 4.90 Å². The average molecular weight is 251 g/mol. The summed E-state index contributed by atoms with van der Waals surface area (Å²) in [6.45, 7) is 1.24. The van der Waals surface area contributed by atoms with Crippen LogP contribution in [0.25, 0.3) is 0 Å². The number of aliphatic hydroxyl groups excluding tert-OH is 1. The van der Waals surface area contributed by atoms with Crippen molar-refractivity contribution in [2.24, 2.45) is 0 Å². The summed E-state index contributed by atoms with van der Waals surface area (Å²) < 4.78 is 0. The predicted octanol–water partition coefficient (Wildman–Crippen LogP) is 1.50. The Hall–Kier alpha value is -1.00. The number of carbonyl (C=O) groups excluding carboxylic acids is 1. The normalized spacial score (nSPS) is 20.4.